The topological polar surface area (TPSA) is 95.7 Å². The van der Waals surface area contributed by atoms with Crippen molar-refractivity contribution < 1.29 is 19.1 Å². The van der Waals surface area contributed by atoms with Crippen molar-refractivity contribution in [3.63, 3.8) is 0 Å². The lowest BCUT2D eigenvalue weighted by Crippen LogP contribution is -2.26. The van der Waals surface area contributed by atoms with E-state index in [0.717, 1.165) is 38.8 Å². The minimum absolute atomic E-state index is 0.0954. The summed E-state index contributed by atoms with van der Waals surface area (Å²) in [6.07, 6.45) is 6.34. The molecule has 1 aliphatic carbocycles. The molecule has 0 aliphatic heterocycles. The van der Waals surface area contributed by atoms with Gasteiger partial charge in [-0.25, -0.2) is 4.98 Å². The van der Waals surface area contributed by atoms with Gasteiger partial charge in [0.25, 0.3) is 5.91 Å². The number of anilines is 2. The lowest BCUT2D eigenvalue weighted by atomic mass is 9.84. The van der Waals surface area contributed by atoms with E-state index in [4.69, 9.17) is 14.5 Å². The fraction of sp³-hybridized carbons (Fsp3) is 0.265. The van der Waals surface area contributed by atoms with E-state index in [1.54, 1.807) is 23.5 Å². The molecule has 0 saturated heterocycles. The highest BCUT2D eigenvalue weighted by molar-refractivity contribution is 7.14. The second-order valence-corrected chi connectivity index (χ2v) is 11.6. The van der Waals surface area contributed by atoms with Crippen LogP contribution in [0.25, 0.3) is 22.4 Å². The Labute approximate surface area is 248 Å². The number of carboxylic acid groups (broad SMARTS) is 1. The summed E-state index contributed by atoms with van der Waals surface area (Å²) in [6, 6.07) is 26.3. The highest BCUT2D eigenvalue weighted by atomic mass is 32.1. The molecule has 7 nitrogen and oxygen atoms in total. The number of hydrogen-bond acceptors (Lipinski definition) is 6. The molecular formula is C34H33N3O4S. The quantitative estimate of drug-likeness (QED) is 0.173. The summed E-state index contributed by atoms with van der Waals surface area (Å²) >= 11 is 1.57. The highest BCUT2D eigenvalue weighted by Gasteiger charge is 2.20. The summed E-state index contributed by atoms with van der Waals surface area (Å²) in [5, 5.41) is 15.4. The molecule has 0 bridgehead atoms. The zero-order chi connectivity index (χ0) is 28.9. The maximum Gasteiger partial charge on any atom is 0.305 e. The zero-order valence-electron chi connectivity index (χ0n) is 23.3. The molecule has 6 rings (SSSR count). The van der Waals surface area contributed by atoms with Crippen molar-refractivity contribution in [2.45, 2.75) is 51.0 Å². The van der Waals surface area contributed by atoms with Gasteiger partial charge in [-0.15, -0.1) is 11.3 Å². The van der Waals surface area contributed by atoms with Crippen LogP contribution in [0.5, 0.6) is 0 Å². The van der Waals surface area contributed by atoms with Crippen molar-refractivity contribution in [2.75, 3.05) is 11.4 Å². The Morgan fingerprint density at radius 3 is 2.48 bits per heavy atom. The van der Waals surface area contributed by atoms with Crippen LogP contribution in [0.1, 0.15) is 65.9 Å². The molecule has 42 heavy (non-hydrogen) atoms. The molecule has 0 radical (unpaired) electrons. The molecule has 1 fully saturated rings. The van der Waals surface area contributed by atoms with Crippen molar-refractivity contribution in [3.05, 3.63) is 101 Å². The van der Waals surface area contributed by atoms with Gasteiger partial charge in [-0.1, -0.05) is 61.7 Å². The Hall–Kier alpha value is -4.43. The molecule has 1 aliphatic rings. The van der Waals surface area contributed by atoms with E-state index < -0.39 is 5.97 Å². The summed E-state index contributed by atoms with van der Waals surface area (Å²) in [5.41, 5.74) is 5.60. The number of furan rings is 1. The second-order valence-electron chi connectivity index (χ2n) is 10.8. The van der Waals surface area contributed by atoms with Crippen LogP contribution in [0.2, 0.25) is 0 Å². The van der Waals surface area contributed by atoms with E-state index in [1.165, 1.54) is 37.7 Å². The van der Waals surface area contributed by atoms with Gasteiger partial charge in [-0.05, 0) is 66.3 Å². The molecule has 3 aromatic carbocycles. The normalized spacial score (nSPS) is 13.7. The predicted molar refractivity (Wildman–Crippen MR) is 166 cm³/mol. The number of benzene rings is 3. The fourth-order valence-corrected chi connectivity index (χ4v) is 6.40. The maximum atomic E-state index is 12.4. The lowest BCUT2D eigenvalue weighted by molar-refractivity contribution is -0.136. The largest absolute Gasteiger partial charge is 0.481 e. The summed E-state index contributed by atoms with van der Waals surface area (Å²) in [7, 11) is 0. The number of hydrogen-bond donors (Lipinski definition) is 2. The minimum Gasteiger partial charge on any atom is -0.481 e. The number of rotatable bonds is 10. The Morgan fingerprint density at radius 2 is 1.74 bits per heavy atom. The van der Waals surface area contributed by atoms with Crippen LogP contribution in [-0.4, -0.2) is 28.5 Å². The number of thiazole rings is 1. The molecule has 1 amide bonds. The number of carboxylic acids is 1. The van der Waals surface area contributed by atoms with E-state index in [0.29, 0.717) is 18.0 Å². The molecule has 8 heteroatoms. The molecule has 0 spiro atoms. The number of nitrogens with zero attached hydrogens (tertiary/aromatic N) is 2. The van der Waals surface area contributed by atoms with Gasteiger partial charge in [-0.2, -0.15) is 0 Å². The van der Waals surface area contributed by atoms with Gasteiger partial charge >= 0.3 is 5.97 Å². The van der Waals surface area contributed by atoms with Crippen LogP contribution in [0.4, 0.5) is 10.8 Å². The third kappa shape index (κ3) is 6.39. The average molecular weight is 580 g/mol. The average Bonchev–Trinajstić information content (AvgIpc) is 3.68. The Kier molecular flexibility index (Phi) is 8.33. The number of para-hydroxylation sites is 1. The van der Waals surface area contributed by atoms with E-state index >= 15 is 0 Å². The van der Waals surface area contributed by atoms with Crippen molar-refractivity contribution >= 4 is 45.0 Å². The molecule has 0 unspecified atom stereocenters. The number of fused-ring (bicyclic) bond motifs is 1. The van der Waals surface area contributed by atoms with E-state index in [2.05, 4.69) is 34.5 Å². The van der Waals surface area contributed by atoms with Crippen molar-refractivity contribution in [1.82, 2.24) is 10.3 Å². The maximum absolute atomic E-state index is 12.4. The summed E-state index contributed by atoms with van der Waals surface area (Å²) in [5.74, 6) is 0.149. The molecule has 0 atom stereocenters. The monoisotopic (exact) mass is 579 g/mol. The van der Waals surface area contributed by atoms with Gasteiger partial charge in [0.1, 0.15) is 11.3 Å². The summed E-state index contributed by atoms with van der Waals surface area (Å²) < 4.78 is 6.09. The first kappa shape index (κ1) is 27.7. The van der Waals surface area contributed by atoms with Gasteiger partial charge < -0.3 is 19.7 Å². The van der Waals surface area contributed by atoms with Crippen LogP contribution < -0.4 is 10.2 Å². The minimum atomic E-state index is -0.942. The van der Waals surface area contributed by atoms with E-state index in [1.807, 2.05) is 47.8 Å². The number of aliphatic carboxylic acids is 1. The van der Waals surface area contributed by atoms with Gasteiger partial charge in [-0.3, -0.25) is 9.59 Å². The number of amides is 1. The van der Waals surface area contributed by atoms with Crippen LogP contribution in [0.3, 0.4) is 0 Å². The second kappa shape index (κ2) is 12.6. The molecule has 2 heterocycles. The molecule has 2 aromatic heterocycles. The first-order valence-corrected chi connectivity index (χ1v) is 15.3. The predicted octanol–water partition coefficient (Wildman–Crippen LogP) is 8.15. The van der Waals surface area contributed by atoms with Crippen molar-refractivity contribution in [2.24, 2.45) is 0 Å². The SMILES string of the molecule is O=C(O)CCNC(=O)c1ccc(CN(c2ccc(C3CCCCC3)cc2)c2nc(-c3cc4ccccc4o3)cs2)cc1. The molecule has 214 valence electrons. The number of aromatic nitrogens is 1. The van der Waals surface area contributed by atoms with Crippen molar-refractivity contribution in [1.29, 1.82) is 0 Å². The fourth-order valence-electron chi connectivity index (χ4n) is 5.57. The van der Waals surface area contributed by atoms with E-state index in [9.17, 15) is 9.59 Å². The smallest absolute Gasteiger partial charge is 0.305 e. The van der Waals surface area contributed by atoms with E-state index in [-0.39, 0.29) is 18.9 Å². The number of carbonyl (C=O) groups excluding carboxylic acids is 1. The number of nitrogens with one attached hydrogen (secondary N) is 1. The summed E-state index contributed by atoms with van der Waals surface area (Å²) in [6.45, 7) is 0.662. The number of carbonyl (C=O) groups is 2. The van der Waals surface area contributed by atoms with Crippen LogP contribution in [0.15, 0.2) is 88.7 Å². The van der Waals surface area contributed by atoms with Gasteiger partial charge in [0.2, 0.25) is 0 Å². The Morgan fingerprint density at radius 1 is 0.976 bits per heavy atom. The van der Waals surface area contributed by atoms with Crippen LogP contribution in [-0.2, 0) is 11.3 Å². The third-order valence-corrected chi connectivity index (χ3v) is 8.73. The van der Waals surface area contributed by atoms with Crippen molar-refractivity contribution in [3.8, 4) is 11.5 Å². The standard InChI is InChI=1S/C34H33N3O4S/c38-32(39)18-19-35-33(40)26-12-10-23(11-13-26)21-37(28-16-14-25(15-17-28)24-6-2-1-3-7-24)34-36-29(22-42-34)31-20-27-8-4-5-9-30(27)41-31/h4-5,8-17,20,22,24H,1-3,6-7,18-19,21H2,(H,35,40)(H,38,39). The first-order chi connectivity index (χ1) is 20.5. The summed E-state index contributed by atoms with van der Waals surface area (Å²) in [4.78, 5) is 30.4. The van der Waals surface area contributed by atoms with Gasteiger partial charge in [0.15, 0.2) is 10.9 Å². The van der Waals surface area contributed by atoms with Gasteiger partial charge in [0, 0.05) is 28.6 Å². The highest BCUT2D eigenvalue weighted by Crippen LogP contribution is 2.37. The first-order valence-electron chi connectivity index (χ1n) is 14.4. The molecule has 5 aromatic rings. The Bertz CT molecular complexity index is 1630. The van der Waals surface area contributed by atoms with Gasteiger partial charge in [0.05, 0.1) is 13.0 Å². The van der Waals surface area contributed by atoms with Crippen LogP contribution in [0, 0.1) is 0 Å². The zero-order valence-corrected chi connectivity index (χ0v) is 24.1. The molecular weight excluding hydrogens is 546 g/mol. The lowest BCUT2D eigenvalue weighted by Gasteiger charge is -2.25. The third-order valence-electron chi connectivity index (χ3n) is 7.86. The Balaban J connectivity index is 1.25. The van der Waals surface area contributed by atoms with Crippen LogP contribution >= 0.6 is 11.3 Å². The molecule has 2 N–H and O–H groups in total. The molecule has 1 saturated carbocycles.